The van der Waals surface area contributed by atoms with E-state index in [0.717, 1.165) is 37.1 Å². The average Bonchev–Trinajstić information content (AvgIpc) is 3.51. The van der Waals surface area contributed by atoms with Crippen LogP contribution in [0.1, 0.15) is 59.3 Å². The molecule has 0 spiro atoms. The summed E-state index contributed by atoms with van der Waals surface area (Å²) in [7, 11) is 0. The molecule has 7 nitrogen and oxygen atoms in total. The summed E-state index contributed by atoms with van der Waals surface area (Å²) < 4.78 is 0. The number of aromatic nitrogens is 3. The quantitative estimate of drug-likeness (QED) is 0.699. The summed E-state index contributed by atoms with van der Waals surface area (Å²) in [6.07, 6.45) is 5.65. The van der Waals surface area contributed by atoms with Crippen molar-refractivity contribution in [3.63, 3.8) is 0 Å². The van der Waals surface area contributed by atoms with E-state index in [4.69, 9.17) is 34.8 Å². The SMILES string of the molecule is O=C(NC(=O)c1cc(Cl)c(Cl)nc1Cl)Nc1c(C2CC2)ncnc1C1CC1. The van der Waals surface area contributed by atoms with Crippen molar-refractivity contribution in [1.29, 1.82) is 0 Å². The maximum Gasteiger partial charge on any atom is 0.326 e. The largest absolute Gasteiger partial charge is 0.326 e. The second-order valence-electron chi connectivity index (χ2n) is 6.58. The number of halogens is 3. The van der Waals surface area contributed by atoms with Crippen molar-refractivity contribution >= 4 is 52.4 Å². The molecule has 4 rings (SSSR count). The third-order valence-corrected chi connectivity index (χ3v) is 5.39. The van der Waals surface area contributed by atoms with E-state index in [1.807, 2.05) is 0 Å². The molecule has 2 aliphatic rings. The summed E-state index contributed by atoms with van der Waals surface area (Å²) in [6.45, 7) is 0. The molecular weight excluding hydrogens is 413 g/mol. The molecule has 3 amide bonds. The molecule has 0 saturated heterocycles. The molecule has 2 heterocycles. The number of hydrogen-bond acceptors (Lipinski definition) is 5. The van der Waals surface area contributed by atoms with E-state index in [-0.39, 0.29) is 20.9 Å². The Hall–Kier alpha value is -1.96. The Morgan fingerprint density at radius 3 is 2.11 bits per heavy atom. The van der Waals surface area contributed by atoms with Crippen LogP contribution in [0.4, 0.5) is 10.5 Å². The van der Waals surface area contributed by atoms with Crippen molar-refractivity contribution in [2.45, 2.75) is 37.5 Å². The maximum atomic E-state index is 12.4. The van der Waals surface area contributed by atoms with E-state index < -0.39 is 11.9 Å². The van der Waals surface area contributed by atoms with Gasteiger partial charge in [0.25, 0.3) is 5.91 Å². The van der Waals surface area contributed by atoms with Crippen molar-refractivity contribution in [2.75, 3.05) is 5.32 Å². The highest BCUT2D eigenvalue weighted by Crippen LogP contribution is 2.48. The van der Waals surface area contributed by atoms with Crippen molar-refractivity contribution < 1.29 is 9.59 Å². The van der Waals surface area contributed by atoms with Gasteiger partial charge in [-0.1, -0.05) is 34.8 Å². The van der Waals surface area contributed by atoms with Gasteiger partial charge in [-0.05, 0) is 31.7 Å². The summed E-state index contributed by atoms with van der Waals surface area (Å²) in [5.74, 6) is -0.0863. The Morgan fingerprint density at radius 2 is 1.56 bits per heavy atom. The van der Waals surface area contributed by atoms with Gasteiger partial charge in [0.1, 0.15) is 16.6 Å². The minimum atomic E-state index is -0.735. The number of urea groups is 1. The van der Waals surface area contributed by atoms with Gasteiger partial charge < -0.3 is 5.32 Å². The number of nitrogens with zero attached hydrogens (tertiary/aromatic N) is 3. The number of imide groups is 1. The second-order valence-corrected chi connectivity index (χ2v) is 7.70. The van der Waals surface area contributed by atoms with Gasteiger partial charge in [-0.2, -0.15) is 0 Å². The first-order valence-electron chi connectivity index (χ1n) is 8.42. The number of carbonyl (C=O) groups is 2. The van der Waals surface area contributed by atoms with Crippen LogP contribution in [-0.2, 0) is 0 Å². The molecule has 0 radical (unpaired) electrons. The van der Waals surface area contributed by atoms with E-state index in [1.54, 1.807) is 0 Å². The predicted octanol–water partition coefficient (Wildman–Crippen LogP) is 4.55. The van der Waals surface area contributed by atoms with Crippen LogP contribution in [0.2, 0.25) is 15.3 Å². The minimum Gasteiger partial charge on any atom is -0.304 e. The van der Waals surface area contributed by atoms with Gasteiger partial charge in [-0.25, -0.2) is 19.7 Å². The van der Waals surface area contributed by atoms with Gasteiger partial charge in [0.05, 0.1) is 27.7 Å². The summed E-state index contributed by atoms with van der Waals surface area (Å²) in [4.78, 5) is 37.2. The van der Waals surface area contributed by atoms with Crippen molar-refractivity contribution in [2.24, 2.45) is 0 Å². The molecular formula is C17H14Cl3N5O2. The van der Waals surface area contributed by atoms with Crippen LogP contribution in [0.15, 0.2) is 12.4 Å². The number of rotatable bonds is 4. The van der Waals surface area contributed by atoms with Gasteiger partial charge in [-0.15, -0.1) is 0 Å². The number of nitrogens with one attached hydrogen (secondary N) is 2. The van der Waals surface area contributed by atoms with Crippen LogP contribution in [-0.4, -0.2) is 26.9 Å². The lowest BCUT2D eigenvalue weighted by Crippen LogP contribution is -2.35. The highest BCUT2D eigenvalue weighted by atomic mass is 35.5. The lowest BCUT2D eigenvalue weighted by atomic mass is 10.1. The lowest BCUT2D eigenvalue weighted by Gasteiger charge is -2.14. The highest BCUT2D eigenvalue weighted by molar-refractivity contribution is 6.42. The van der Waals surface area contributed by atoms with Gasteiger partial charge in [-0.3, -0.25) is 10.1 Å². The molecule has 0 aromatic carbocycles. The molecule has 2 fully saturated rings. The zero-order chi connectivity index (χ0) is 19.1. The zero-order valence-electron chi connectivity index (χ0n) is 13.9. The average molecular weight is 427 g/mol. The third-order valence-electron chi connectivity index (χ3n) is 4.43. The fourth-order valence-electron chi connectivity index (χ4n) is 2.79. The van der Waals surface area contributed by atoms with Gasteiger partial charge in [0, 0.05) is 11.8 Å². The first-order chi connectivity index (χ1) is 12.9. The topological polar surface area (TPSA) is 96.9 Å². The van der Waals surface area contributed by atoms with Crippen LogP contribution < -0.4 is 10.6 Å². The highest BCUT2D eigenvalue weighted by Gasteiger charge is 2.35. The lowest BCUT2D eigenvalue weighted by molar-refractivity contribution is 0.0967. The van der Waals surface area contributed by atoms with Gasteiger partial charge in [0.15, 0.2) is 0 Å². The maximum absolute atomic E-state index is 12.4. The van der Waals surface area contributed by atoms with Crippen LogP contribution in [0.5, 0.6) is 0 Å². The first kappa shape index (κ1) is 18.4. The third kappa shape index (κ3) is 4.00. The fourth-order valence-corrected chi connectivity index (χ4v) is 3.35. The molecule has 0 bridgehead atoms. The van der Waals surface area contributed by atoms with Crippen LogP contribution in [0, 0.1) is 0 Å². The summed E-state index contributed by atoms with van der Waals surface area (Å²) in [6, 6.07) is 0.569. The van der Waals surface area contributed by atoms with Gasteiger partial charge >= 0.3 is 6.03 Å². The molecule has 2 N–H and O–H groups in total. The van der Waals surface area contributed by atoms with E-state index in [0.29, 0.717) is 17.5 Å². The number of anilines is 1. The van der Waals surface area contributed by atoms with Crippen LogP contribution in [0.3, 0.4) is 0 Å². The molecule has 0 atom stereocenters. The number of amides is 3. The standard InChI is InChI=1S/C17H14Cl3N5O2/c18-10-5-9(14(19)24-15(10)20)16(26)25-17(27)23-13-11(7-1-2-7)21-6-22-12(13)8-3-4-8/h5-8H,1-4H2,(H2,23,25,26,27). The Morgan fingerprint density at radius 1 is 0.963 bits per heavy atom. The summed E-state index contributed by atoms with van der Waals surface area (Å²) in [5.41, 5.74) is 2.20. The minimum absolute atomic E-state index is 0.0211. The number of hydrogen-bond donors (Lipinski definition) is 2. The van der Waals surface area contributed by atoms with E-state index in [9.17, 15) is 9.59 Å². The Bertz CT molecular complexity index is 914. The van der Waals surface area contributed by atoms with Gasteiger partial charge in [0.2, 0.25) is 0 Å². The van der Waals surface area contributed by atoms with E-state index in [1.165, 1.54) is 12.4 Å². The Balaban J connectivity index is 1.53. The predicted molar refractivity (Wildman–Crippen MR) is 102 cm³/mol. The Labute approximate surface area is 169 Å². The Kier molecular flexibility index (Phi) is 4.92. The van der Waals surface area contributed by atoms with Crippen molar-refractivity contribution in [1.82, 2.24) is 20.3 Å². The molecule has 2 aromatic rings. The van der Waals surface area contributed by atoms with Crippen molar-refractivity contribution in [3.8, 4) is 0 Å². The molecule has 2 saturated carbocycles. The fraction of sp³-hybridized carbons (Fsp3) is 0.353. The van der Waals surface area contributed by atoms with Crippen molar-refractivity contribution in [3.05, 3.63) is 44.7 Å². The molecule has 10 heteroatoms. The monoisotopic (exact) mass is 425 g/mol. The number of carbonyl (C=O) groups excluding carboxylic acids is 2. The molecule has 2 aliphatic carbocycles. The van der Waals surface area contributed by atoms with E-state index in [2.05, 4.69) is 25.6 Å². The van der Waals surface area contributed by atoms with Crippen LogP contribution >= 0.6 is 34.8 Å². The molecule has 27 heavy (non-hydrogen) atoms. The molecule has 140 valence electrons. The molecule has 0 unspecified atom stereocenters. The smallest absolute Gasteiger partial charge is 0.304 e. The van der Waals surface area contributed by atoms with E-state index >= 15 is 0 Å². The zero-order valence-corrected chi connectivity index (χ0v) is 16.2. The second kappa shape index (κ2) is 7.22. The normalized spacial score (nSPS) is 16.1. The summed E-state index contributed by atoms with van der Waals surface area (Å²) >= 11 is 17.6. The van der Waals surface area contributed by atoms with Crippen LogP contribution in [0.25, 0.3) is 0 Å². The first-order valence-corrected chi connectivity index (χ1v) is 9.56. The molecule has 2 aromatic heterocycles. The summed E-state index contributed by atoms with van der Waals surface area (Å²) in [5, 5.41) is 4.88. The number of pyridine rings is 1. The molecule has 0 aliphatic heterocycles.